The van der Waals surface area contributed by atoms with Gasteiger partial charge in [-0.2, -0.15) is 0 Å². The summed E-state index contributed by atoms with van der Waals surface area (Å²) in [5.41, 5.74) is 1.83. The average molecular weight is 415 g/mol. The van der Waals surface area contributed by atoms with Gasteiger partial charge in [0.15, 0.2) is 6.10 Å². The number of carbonyl (C=O) groups excluding carboxylic acids is 2. The predicted molar refractivity (Wildman–Crippen MR) is 116 cm³/mol. The van der Waals surface area contributed by atoms with E-state index in [9.17, 15) is 9.59 Å². The third-order valence-electron chi connectivity index (χ3n) is 5.19. The van der Waals surface area contributed by atoms with Crippen LogP contribution in [0.1, 0.15) is 54.9 Å². The fourth-order valence-corrected chi connectivity index (χ4v) is 3.67. The lowest BCUT2D eigenvalue weighted by Gasteiger charge is -2.23. The Hall–Kier alpha value is -2.53. The van der Waals surface area contributed by atoms with Gasteiger partial charge < -0.3 is 15.4 Å². The van der Waals surface area contributed by atoms with Gasteiger partial charge in [-0.3, -0.25) is 9.59 Å². The van der Waals surface area contributed by atoms with Crippen molar-refractivity contribution in [1.82, 2.24) is 5.32 Å². The Morgan fingerprint density at radius 3 is 2.55 bits per heavy atom. The van der Waals surface area contributed by atoms with Gasteiger partial charge in [0.2, 0.25) is 0 Å². The van der Waals surface area contributed by atoms with E-state index < -0.39 is 6.10 Å². The number of rotatable bonds is 6. The first kappa shape index (κ1) is 21.2. The van der Waals surface area contributed by atoms with Crippen LogP contribution in [0.4, 0.5) is 5.69 Å². The fraction of sp³-hybridized carbons (Fsp3) is 0.391. The van der Waals surface area contributed by atoms with Gasteiger partial charge in [0.25, 0.3) is 11.8 Å². The van der Waals surface area contributed by atoms with Crippen LogP contribution in [0.15, 0.2) is 42.5 Å². The highest BCUT2D eigenvalue weighted by atomic mass is 35.5. The van der Waals surface area contributed by atoms with E-state index in [1.165, 1.54) is 6.42 Å². The van der Waals surface area contributed by atoms with E-state index in [1.807, 2.05) is 31.2 Å². The van der Waals surface area contributed by atoms with E-state index in [4.69, 9.17) is 16.3 Å². The van der Waals surface area contributed by atoms with Crippen LogP contribution in [0, 0.1) is 6.92 Å². The molecule has 1 saturated carbocycles. The van der Waals surface area contributed by atoms with Gasteiger partial charge in [-0.1, -0.05) is 49.1 Å². The van der Waals surface area contributed by atoms with Crippen LogP contribution in [0.5, 0.6) is 5.75 Å². The normalized spacial score (nSPS) is 15.4. The number of anilines is 1. The van der Waals surface area contributed by atoms with Crippen molar-refractivity contribution in [3.05, 3.63) is 58.6 Å². The Morgan fingerprint density at radius 1 is 1.10 bits per heavy atom. The lowest BCUT2D eigenvalue weighted by molar-refractivity contribution is -0.122. The highest BCUT2D eigenvalue weighted by Gasteiger charge is 2.20. The van der Waals surface area contributed by atoms with Crippen molar-refractivity contribution >= 4 is 29.1 Å². The van der Waals surface area contributed by atoms with Crippen LogP contribution < -0.4 is 15.4 Å². The van der Waals surface area contributed by atoms with Crippen LogP contribution in [0.25, 0.3) is 0 Å². The Balaban J connectivity index is 1.64. The lowest BCUT2D eigenvalue weighted by Crippen LogP contribution is -2.36. The molecule has 1 unspecified atom stereocenters. The Labute approximate surface area is 176 Å². The summed E-state index contributed by atoms with van der Waals surface area (Å²) >= 11 is 6.23. The summed E-state index contributed by atoms with van der Waals surface area (Å²) in [5, 5.41) is 6.22. The number of ether oxygens (including phenoxy) is 1. The highest BCUT2D eigenvalue weighted by Crippen LogP contribution is 2.23. The number of para-hydroxylation sites is 1. The molecular formula is C23H27ClN2O3. The third-order valence-corrected chi connectivity index (χ3v) is 5.52. The number of hydrogen-bond donors (Lipinski definition) is 2. The minimum Gasteiger partial charge on any atom is -0.481 e. The van der Waals surface area contributed by atoms with E-state index in [0.29, 0.717) is 22.0 Å². The van der Waals surface area contributed by atoms with Gasteiger partial charge in [-0.05, 0) is 56.5 Å². The van der Waals surface area contributed by atoms with Gasteiger partial charge in [-0.15, -0.1) is 0 Å². The molecule has 2 aromatic rings. The quantitative estimate of drug-likeness (QED) is 0.689. The van der Waals surface area contributed by atoms with Crippen LogP contribution >= 0.6 is 11.6 Å². The molecule has 154 valence electrons. The maximum absolute atomic E-state index is 12.7. The molecule has 1 aliphatic carbocycles. The minimum absolute atomic E-state index is 0.188. The van der Waals surface area contributed by atoms with E-state index in [2.05, 4.69) is 10.6 Å². The first-order valence-electron chi connectivity index (χ1n) is 10.1. The van der Waals surface area contributed by atoms with E-state index >= 15 is 0 Å². The monoisotopic (exact) mass is 414 g/mol. The van der Waals surface area contributed by atoms with Gasteiger partial charge >= 0.3 is 0 Å². The number of hydrogen-bond acceptors (Lipinski definition) is 3. The van der Waals surface area contributed by atoms with Crippen molar-refractivity contribution in [2.24, 2.45) is 0 Å². The van der Waals surface area contributed by atoms with Crippen molar-refractivity contribution in [3.8, 4) is 5.75 Å². The second-order valence-corrected chi connectivity index (χ2v) is 7.93. The number of amides is 2. The summed E-state index contributed by atoms with van der Waals surface area (Å²) in [6, 6.07) is 12.6. The summed E-state index contributed by atoms with van der Waals surface area (Å²) in [5.74, 6) is 0.162. The standard InChI is InChI=1S/C23H27ClN2O3/c1-15-8-6-7-11-21(15)29-16(2)22(27)26-18-12-13-20(24)19(14-18)23(28)25-17-9-4-3-5-10-17/h6-8,11-14,16-17H,3-5,9-10H2,1-2H3,(H,25,28)(H,26,27). The van der Waals surface area contributed by atoms with Crippen molar-refractivity contribution in [1.29, 1.82) is 0 Å². The van der Waals surface area contributed by atoms with Gasteiger partial charge in [0, 0.05) is 11.7 Å². The molecule has 2 amide bonds. The zero-order valence-electron chi connectivity index (χ0n) is 16.8. The lowest BCUT2D eigenvalue weighted by atomic mass is 9.95. The molecule has 1 aliphatic rings. The summed E-state index contributed by atoms with van der Waals surface area (Å²) < 4.78 is 5.76. The molecule has 1 atom stereocenters. The molecule has 3 rings (SSSR count). The molecule has 1 fully saturated rings. The van der Waals surface area contributed by atoms with Gasteiger partial charge in [-0.25, -0.2) is 0 Å². The van der Waals surface area contributed by atoms with E-state index in [0.717, 1.165) is 31.2 Å². The van der Waals surface area contributed by atoms with E-state index in [1.54, 1.807) is 25.1 Å². The maximum atomic E-state index is 12.7. The summed E-state index contributed by atoms with van der Waals surface area (Å²) in [6.45, 7) is 3.62. The molecule has 0 heterocycles. The molecule has 0 aromatic heterocycles. The molecule has 2 N–H and O–H groups in total. The number of carbonyl (C=O) groups is 2. The third kappa shape index (κ3) is 5.73. The zero-order chi connectivity index (χ0) is 20.8. The average Bonchev–Trinajstić information content (AvgIpc) is 2.71. The first-order chi connectivity index (χ1) is 13.9. The Bertz CT molecular complexity index is 878. The molecule has 0 bridgehead atoms. The first-order valence-corrected chi connectivity index (χ1v) is 10.5. The van der Waals surface area contributed by atoms with Crippen LogP contribution in [-0.2, 0) is 4.79 Å². The molecule has 2 aromatic carbocycles. The predicted octanol–water partition coefficient (Wildman–Crippen LogP) is 5.12. The molecule has 29 heavy (non-hydrogen) atoms. The Kier molecular flexibility index (Phi) is 7.15. The number of aryl methyl sites for hydroxylation is 1. The van der Waals surface area contributed by atoms with Crippen molar-refractivity contribution in [2.45, 2.75) is 58.1 Å². The van der Waals surface area contributed by atoms with Gasteiger partial charge in [0.1, 0.15) is 5.75 Å². The molecule has 0 radical (unpaired) electrons. The summed E-state index contributed by atoms with van der Waals surface area (Å²) in [4.78, 5) is 25.2. The van der Waals surface area contributed by atoms with Crippen LogP contribution in [0.2, 0.25) is 5.02 Å². The smallest absolute Gasteiger partial charge is 0.265 e. The number of benzene rings is 2. The second-order valence-electron chi connectivity index (χ2n) is 7.52. The molecule has 0 saturated heterocycles. The van der Waals surface area contributed by atoms with Crippen LogP contribution in [-0.4, -0.2) is 24.0 Å². The summed E-state index contributed by atoms with van der Waals surface area (Å²) in [7, 11) is 0. The fourth-order valence-electron chi connectivity index (χ4n) is 3.46. The molecule has 0 aliphatic heterocycles. The zero-order valence-corrected chi connectivity index (χ0v) is 17.6. The molecule has 0 spiro atoms. The molecule has 5 nitrogen and oxygen atoms in total. The largest absolute Gasteiger partial charge is 0.481 e. The molecule has 6 heteroatoms. The number of halogens is 1. The number of nitrogens with one attached hydrogen (secondary N) is 2. The topological polar surface area (TPSA) is 67.4 Å². The van der Waals surface area contributed by atoms with Crippen molar-refractivity contribution < 1.29 is 14.3 Å². The maximum Gasteiger partial charge on any atom is 0.265 e. The minimum atomic E-state index is -0.689. The Morgan fingerprint density at radius 2 is 1.83 bits per heavy atom. The highest BCUT2D eigenvalue weighted by molar-refractivity contribution is 6.34. The molecular weight excluding hydrogens is 388 g/mol. The summed E-state index contributed by atoms with van der Waals surface area (Å²) in [6.07, 6.45) is 4.78. The van der Waals surface area contributed by atoms with E-state index in [-0.39, 0.29) is 17.9 Å². The second kappa shape index (κ2) is 9.79. The van der Waals surface area contributed by atoms with Crippen molar-refractivity contribution in [2.75, 3.05) is 5.32 Å². The SMILES string of the molecule is Cc1ccccc1OC(C)C(=O)Nc1ccc(Cl)c(C(=O)NC2CCCCC2)c1. The van der Waals surface area contributed by atoms with Crippen LogP contribution in [0.3, 0.4) is 0 Å². The van der Waals surface area contributed by atoms with Crippen molar-refractivity contribution in [3.63, 3.8) is 0 Å². The van der Waals surface area contributed by atoms with Gasteiger partial charge in [0.05, 0.1) is 10.6 Å².